The van der Waals surface area contributed by atoms with Gasteiger partial charge in [0, 0.05) is 11.3 Å². The highest BCUT2D eigenvalue weighted by Gasteiger charge is 2.10. The number of carbonyl (C=O) groups excluding carboxylic acids is 1. The Labute approximate surface area is 129 Å². The Morgan fingerprint density at radius 3 is 2.32 bits per heavy atom. The van der Waals surface area contributed by atoms with E-state index in [2.05, 4.69) is 5.32 Å². The van der Waals surface area contributed by atoms with E-state index in [1.807, 2.05) is 6.92 Å². The second kappa shape index (κ2) is 6.17. The number of nitrogens with two attached hydrogens (primary N) is 1. The smallest absolute Gasteiger partial charge is 0.255 e. The zero-order valence-electron chi connectivity index (χ0n) is 12.2. The molecule has 0 unspecified atom stereocenters. The molecule has 0 saturated carbocycles. The fraction of sp³-hybridized carbons (Fsp3) is 0.133. The summed E-state index contributed by atoms with van der Waals surface area (Å²) < 4.78 is 27.5. The van der Waals surface area contributed by atoms with Crippen molar-refractivity contribution in [2.45, 2.75) is 11.8 Å². The van der Waals surface area contributed by atoms with Crippen LogP contribution in [0.1, 0.15) is 15.9 Å². The fourth-order valence-corrected chi connectivity index (χ4v) is 2.41. The number of anilines is 1. The Balaban J connectivity index is 2.18. The van der Waals surface area contributed by atoms with Crippen LogP contribution in [0.4, 0.5) is 5.69 Å². The third-order valence-electron chi connectivity index (χ3n) is 3.11. The van der Waals surface area contributed by atoms with E-state index in [0.29, 0.717) is 17.0 Å². The van der Waals surface area contributed by atoms with Crippen LogP contribution in [0, 0.1) is 6.92 Å². The van der Waals surface area contributed by atoms with Crippen LogP contribution in [0.5, 0.6) is 5.75 Å². The van der Waals surface area contributed by atoms with Gasteiger partial charge in [-0.3, -0.25) is 4.79 Å². The van der Waals surface area contributed by atoms with E-state index < -0.39 is 10.0 Å². The Morgan fingerprint density at radius 2 is 1.77 bits per heavy atom. The van der Waals surface area contributed by atoms with Gasteiger partial charge in [0.2, 0.25) is 10.0 Å². The monoisotopic (exact) mass is 320 g/mol. The zero-order valence-corrected chi connectivity index (χ0v) is 13.0. The van der Waals surface area contributed by atoms with Crippen LogP contribution in [0.3, 0.4) is 0 Å². The molecule has 0 spiro atoms. The predicted octanol–water partition coefficient (Wildman–Crippen LogP) is 1.90. The normalized spacial score (nSPS) is 11.0. The summed E-state index contributed by atoms with van der Waals surface area (Å²) in [6, 6.07) is 10.7. The van der Waals surface area contributed by atoms with Gasteiger partial charge in [-0.15, -0.1) is 0 Å². The van der Waals surface area contributed by atoms with Crippen molar-refractivity contribution in [1.82, 2.24) is 0 Å². The van der Waals surface area contributed by atoms with Crippen LogP contribution in [-0.2, 0) is 10.0 Å². The van der Waals surface area contributed by atoms with Crippen molar-refractivity contribution in [3.05, 3.63) is 53.6 Å². The summed E-state index contributed by atoms with van der Waals surface area (Å²) in [5, 5.41) is 7.69. The number of rotatable bonds is 4. The number of benzene rings is 2. The molecule has 6 nitrogen and oxygen atoms in total. The van der Waals surface area contributed by atoms with E-state index in [4.69, 9.17) is 9.88 Å². The minimum absolute atomic E-state index is 0.0116. The Kier molecular flexibility index (Phi) is 4.48. The SMILES string of the molecule is COc1cc(C(=O)Nc2ccc(S(N)(=O)=O)cc2)ccc1C. The molecule has 0 bridgehead atoms. The van der Waals surface area contributed by atoms with Crippen LogP contribution in [0.15, 0.2) is 47.4 Å². The summed E-state index contributed by atoms with van der Waals surface area (Å²) in [4.78, 5) is 12.2. The van der Waals surface area contributed by atoms with Crippen molar-refractivity contribution in [3.63, 3.8) is 0 Å². The molecule has 0 atom stereocenters. The summed E-state index contributed by atoms with van der Waals surface area (Å²) >= 11 is 0. The minimum atomic E-state index is -3.74. The van der Waals surface area contributed by atoms with Gasteiger partial charge in [-0.1, -0.05) is 6.07 Å². The van der Waals surface area contributed by atoms with E-state index in [-0.39, 0.29) is 10.8 Å². The molecule has 0 heterocycles. The number of nitrogens with one attached hydrogen (secondary N) is 1. The van der Waals surface area contributed by atoms with E-state index >= 15 is 0 Å². The molecule has 2 aromatic carbocycles. The number of amides is 1. The van der Waals surface area contributed by atoms with Gasteiger partial charge in [-0.2, -0.15) is 0 Å². The van der Waals surface area contributed by atoms with Crippen molar-refractivity contribution in [3.8, 4) is 5.75 Å². The van der Waals surface area contributed by atoms with Crippen molar-refractivity contribution >= 4 is 21.6 Å². The number of aryl methyl sites for hydroxylation is 1. The molecular weight excluding hydrogens is 304 g/mol. The lowest BCUT2D eigenvalue weighted by molar-refractivity contribution is 0.102. The molecule has 22 heavy (non-hydrogen) atoms. The standard InChI is InChI=1S/C15H16N2O4S/c1-10-3-4-11(9-14(10)21-2)15(18)17-12-5-7-13(8-6-12)22(16,19)20/h3-9H,1-2H3,(H,17,18)(H2,16,19,20). The molecule has 0 saturated heterocycles. The number of hydrogen-bond donors (Lipinski definition) is 2. The Morgan fingerprint density at radius 1 is 1.14 bits per heavy atom. The minimum Gasteiger partial charge on any atom is -0.496 e. The summed E-state index contributed by atoms with van der Waals surface area (Å²) in [5.74, 6) is 0.305. The third kappa shape index (κ3) is 3.63. The van der Waals surface area contributed by atoms with Crippen molar-refractivity contribution < 1.29 is 17.9 Å². The zero-order chi connectivity index (χ0) is 16.3. The van der Waals surface area contributed by atoms with Gasteiger partial charge in [-0.25, -0.2) is 13.6 Å². The highest BCUT2D eigenvalue weighted by Crippen LogP contribution is 2.20. The quantitative estimate of drug-likeness (QED) is 0.899. The molecule has 0 aliphatic heterocycles. The number of hydrogen-bond acceptors (Lipinski definition) is 4. The highest BCUT2D eigenvalue weighted by atomic mass is 32.2. The van der Waals surface area contributed by atoms with Crippen molar-refractivity contribution in [1.29, 1.82) is 0 Å². The molecule has 3 N–H and O–H groups in total. The molecule has 0 radical (unpaired) electrons. The first-order valence-corrected chi connectivity index (χ1v) is 7.95. The summed E-state index contributed by atoms with van der Waals surface area (Å²) in [6.45, 7) is 1.88. The molecule has 2 aromatic rings. The topological polar surface area (TPSA) is 98.5 Å². The van der Waals surface area contributed by atoms with Gasteiger partial charge in [-0.05, 0) is 48.9 Å². The lowest BCUT2D eigenvalue weighted by Gasteiger charge is -2.09. The average Bonchev–Trinajstić information content (AvgIpc) is 2.47. The van der Waals surface area contributed by atoms with Crippen LogP contribution in [0.2, 0.25) is 0 Å². The largest absolute Gasteiger partial charge is 0.496 e. The summed E-state index contributed by atoms with van der Waals surface area (Å²) in [6.07, 6.45) is 0. The van der Waals surface area contributed by atoms with Crippen LogP contribution in [-0.4, -0.2) is 21.4 Å². The van der Waals surface area contributed by atoms with Gasteiger partial charge < -0.3 is 10.1 Å². The maximum absolute atomic E-state index is 12.2. The maximum atomic E-state index is 12.2. The molecule has 0 aliphatic rings. The second-order valence-corrected chi connectivity index (χ2v) is 6.27. The van der Waals surface area contributed by atoms with Gasteiger partial charge in [0.25, 0.3) is 5.91 Å². The number of carbonyl (C=O) groups is 1. The lowest BCUT2D eigenvalue weighted by Crippen LogP contribution is -2.14. The average molecular weight is 320 g/mol. The van der Waals surface area contributed by atoms with Crippen molar-refractivity contribution in [2.75, 3.05) is 12.4 Å². The molecule has 0 fully saturated rings. The molecule has 0 aromatic heterocycles. The molecule has 2 rings (SSSR count). The second-order valence-electron chi connectivity index (χ2n) is 4.71. The van der Waals surface area contributed by atoms with E-state index in [1.54, 1.807) is 18.2 Å². The Bertz CT molecular complexity index is 799. The third-order valence-corrected chi connectivity index (χ3v) is 4.04. The summed E-state index contributed by atoms with van der Waals surface area (Å²) in [7, 11) is -2.21. The van der Waals surface area contributed by atoms with E-state index in [1.165, 1.54) is 31.4 Å². The number of primary sulfonamides is 1. The fourth-order valence-electron chi connectivity index (χ4n) is 1.89. The molecule has 7 heteroatoms. The number of ether oxygens (including phenoxy) is 1. The summed E-state index contributed by atoms with van der Waals surface area (Å²) in [5.41, 5.74) is 1.84. The first-order valence-electron chi connectivity index (χ1n) is 6.40. The number of sulfonamides is 1. The van der Waals surface area contributed by atoms with Crippen LogP contribution in [0.25, 0.3) is 0 Å². The first-order chi connectivity index (χ1) is 10.3. The lowest BCUT2D eigenvalue weighted by atomic mass is 10.1. The maximum Gasteiger partial charge on any atom is 0.255 e. The first kappa shape index (κ1) is 16.0. The van der Waals surface area contributed by atoms with Crippen LogP contribution >= 0.6 is 0 Å². The highest BCUT2D eigenvalue weighted by molar-refractivity contribution is 7.89. The molecule has 116 valence electrons. The molecule has 1 amide bonds. The Hall–Kier alpha value is -2.38. The molecular formula is C15H16N2O4S. The van der Waals surface area contributed by atoms with Gasteiger partial charge in [0.1, 0.15) is 5.75 Å². The molecule has 0 aliphatic carbocycles. The van der Waals surface area contributed by atoms with Crippen molar-refractivity contribution in [2.24, 2.45) is 5.14 Å². The van der Waals surface area contributed by atoms with E-state index in [9.17, 15) is 13.2 Å². The van der Waals surface area contributed by atoms with Gasteiger partial charge in [0.15, 0.2) is 0 Å². The van der Waals surface area contributed by atoms with E-state index in [0.717, 1.165) is 5.56 Å². The van der Waals surface area contributed by atoms with Gasteiger partial charge in [0.05, 0.1) is 12.0 Å². The predicted molar refractivity (Wildman–Crippen MR) is 83.5 cm³/mol. The van der Waals surface area contributed by atoms with Gasteiger partial charge >= 0.3 is 0 Å². The van der Waals surface area contributed by atoms with Crippen LogP contribution < -0.4 is 15.2 Å². The number of methoxy groups -OCH3 is 1.